The monoisotopic (exact) mass is 292 g/mol. The van der Waals surface area contributed by atoms with E-state index >= 15 is 0 Å². The molecule has 1 saturated heterocycles. The lowest BCUT2D eigenvalue weighted by atomic mass is 9.78. The van der Waals surface area contributed by atoms with Gasteiger partial charge in [-0.05, 0) is 39.2 Å². The van der Waals surface area contributed by atoms with Gasteiger partial charge in [0.05, 0.1) is 16.1 Å². The SMILES string of the molecule is CC1(C)OB(c2ccc(C(N)=O)c([N+](=O)[O-])c2)OC1(C)C. The molecule has 8 heteroatoms. The average Bonchev–Trinajstić information content (AvgIpc) is 2.57. The summed E-state index contributed by atoms with van der Waals surface area (Å²) in [7, 11) is -0.726. The summed E-state index contributed by atoms with van der Waals surface area (Å²) in [6, 6.07) is 4.14. The van der Waals surface area contributed by atoms with Crippen molar-refractivity contribution in [3.05, 3.63) is 33.9 Å². The van der Waals surface area contributed by atoms with Gasteiger partial charge in [-0.2, -0.15) is 0 Å². The zero-order chi connectivity index (χ0) is 16.0. The van der Waals surface area contributed by atoms with Gasteiger partial charge in [0.15, 0.2) is 0 Å². The van der Waals surface area contributed by atoms with Crippen LogP contribution in [0.3, 0.4) is 0 Å². The number of nitrogens with zero attached hydrogens (tertiary/aromatic N) is 1. The predicted octanol–water partition coefficient (Wildman–Crippen LogP) is 0.993. The number of nitrogens with two attached hydrogens (primary N) is 1. The van der Waals surface area contributed by atoms with Crippen LogP contribution in [-0.2, 0) is 9.31 Å². The lowest BCUT2D eigenvalue weighted by Gasteiger charge is -2.32. The first-order valence-electron chi connectivity index (χ1n) is 6.49. The van der Waals surface area contributed by atoms with E-state index in [-0.39, 0.29) is 11.3 Å². The molecule has 1 aromatic rings. The number of hydrogen-bond acceptors (Lipinski definition) is 5. The molecule has 1 aromatic carbocycles. The predicted molar refractivity (Wildman–Crippen MR) is 77.3 cm³/mol. The maximum absolute atomic E-state index is 11.2. The Morgan fingerprint density at radius 1 is 1.24 bits per heavy atom. The fourth-order valence-corrected chi connectivity index (χ4v) is 2.03. The zero-order valence-electron chi connectivity index (χ0n) is 12.4. The molecule has 0 saturated carbocycles. The average molecular weight is 292 g/mol. The van der Waals surface area contributed by atoms with Gasteiger partial charge in [0.2, 0.25) is 0 Å². The van der Waals surface area contributed by atoms with Crippen LogP contribution in [0.15, 0.2) is 18.2 Å². The van der Waals surface area contributed by atoms with E-state index < -0.39 is 29.2 Å². The van der Waals surface area contributed by atoms with Crippen LogP contribution in [0, 0.1) is 10.1 Å². The molecule has 0 radical (unpaired) electrons. The molecule has 0 bridgehead atoms. The number of primary amides is 1. The highest BCUT2D eigenvalue weighted by molar-refractivity contribution is 6.62. The summed E-state index contributed by atoms with van der Waals surface area (Å²) < 4.78 is 11.6. The molecular weight excluding hydrogens is 275 g/mol. The zero-order valence-corrected chi connectivity index (χ0v) is 12.4. The molecule has 1 heterocycles. The molecule has 1 aliphatic rings. The Morgan fingerprint density at radius 2 is 1.76 bits per heavy atom. The first-order chi connectivity index (χ1) is 9.55. The van der Waals surface area contributed by atoms with Crippen molar-refractivity contribution in [1.29, 1.82) is 0 Å². The Hall–Kier alpha value is -1.93. The summed E-state index contributed by atoms with van der Waals surface area (Å²) in [6.45, 7) is 7.55. The second-order valence-electron chi connectivity index (χ2n) is 5.99. The molecule has 7 nitrogen and oxygen atoms in total. The second kappa shape index (κ2) is 4.82. The normalized spacial score (nSPS) is 19.5. The highest BCUT2D eigenvalue weighted by Gasteiger charge is 2.52. The Balaban J connectivity index is 2.41. The van der Waals surface area contributed by atoms with Crippen LogP contribution in [0.1, 0.15) is 38.1 Å². The lowest BCUT2D eigenvalue weighted by molar-refractivity contribution is -0.385. The standard InChI is InChI=1S/C13H17BN2O5/c1-12(2)13(3,4)21-14(20-12)8-5-6-9(11(15)17)10(7-8)16(18)19/h5-7H,1-4H3,(H2,15,17). The van der Waals surface area contributed by atoms with Gasteiger partial charge in [-0.3, -0.25) is 14.9 Å². The third-order valence-corrected chi connectivity index (χ3v) is 4.01. The number of rotatable bonds is 3. The van der Waals surface area contributed by atoms with E-state index in [4.69, 9.17) is 15.0 Å². The van der Waals surface area contributed by atoms with Crippen LogP contribution < -0.4 is 11.2 Å². The van der Waals surface area contributed by atoms with Gasteiger partial charge in [0.25, 0.3) is 11.6 Å². The fourth-order valence-electron chi connectivity index (χ4n) is 2.03. The fraction of sp³-hybridized carbons (Fsp3) is 0.462. The number of amides is 1. The number of nitro groups is 1. The summed E-state index contributed by atoms with van der Waals surface area (Å²) in [5.41, 5.74) is 4.03. The maximum atomic E-state index is 11.2. The number of carbonyl (C=O) groups excluding carboxylic acids is 1. The van der Waals surface area contributed by atoms with E-state index in [2.05, 4.69) is 0 Å². The van der Waals surface area contributed by atoms with E-state index in [9.17, 15) is 14.9 Å². The smallest absolute Gasteiger partial charge is 0.399 e. The molecular formula is C13H17BN2O5. The molecule has 1 amide bonds. The Bertz CT molecular complexity index is 599. The number of benzene rings is 1. The maximum Gasteiger partial charge on any atom is 0.495 e. The minimum Gasteiger partial charge on any atom is -0.399 e. The lowest BCUT2D eigenvalue weighted by Crippen LogP contribution is -2.41. The molecule has 21 heavy (non-hydrogen) atoms. The van der Waals surface area contributed by atoms with Crippen LogP contribution in [0.5, 0.6) is 0 Å². The third kappa shape index (κ3) is 2.64. The summed E-state index contributed by atoms with van der Waals surface area (Å²) in [5.74, 6) is -0.845. The second-order valence-corrected chi connectivity index (χ2v) is 5.99. The number of nitro benzene ring substituents is 1. The van der Waals surface area contributed by atoms with Gasteiger partial charge >= 0.3 is 7.12 Å². The summed E-state index contributed by atoms with van der Waals surface area (Å²) in [4.78, 5) is 21.6. The molecule has 0 aromatic heterocycles. The van der Waals surface area contributed by atoms with Gasteiger partial charge in [0, 0.05) is 6.07 Å². The topological polar surface area (TPSA) is 105 Å². The van der Waals surface area contributed by atoms with Crippen molar-refractivity contribution >= 4 is 24.2 Å². The molecule has 2 rings (SSSR count). The molecule has 112 valence electrons. The molecule has 2 N–H and O–H groups in total. The van der Waals surface area contributed by atoms with Gasteiger partial charge in [-0.25, -0.2) is 0 Å². The minimum absolute atomic E-state index is 0.139. The highest BCUT2D eigenvalue weighted by Crippen LogP contribution is 2.36. The first kappa shape index (κ1) is 15.5. The van der Waals surface area contributed by atoms with E-state index in [1.807, 2.05) is 27.7 Å². The summed E-state index contributed by atoms with van der Waals surface area (Å²) in [6.07, 6.45) is 0. The molecule has 0 spiro atoms. The van der Waals surface area contributed by atoms with Crippen molar-refractivity contribution in [2.75, 3.05) is 0 Å². The Kier molecular flexibility index (Phi) is 3.55. The quantitative estimate of drug-likeness (QED) is 0.508. The van der Waals surface area contributed by atoms with Crippen molar-refractivity contribution in [2.24, 2.45) is 5.73 Å². The van der Waals surface area contributed by atoms with Crippen molar-refractivity contribution in [1.82, 2.24) is 0 Å². The van der Waals surface area contributed by atoms with Gasteiger partial charge < -0.3 is 15.0 Å². The van der Waals surface area contributed by atoms with Crippen LogP contribution in [0.2, 0.25) is 0 Å². The molecule has 1 fully saturated rings. The first-order valence-corrected chi connectivity index (χ1v) is 6.49. The minimum atomic E-state index is -0.845. The molecule has 1 aliphatic heterocycles. The van der Waals surface area contributed by atoms with Crippen LogP contribution in [0.4, 0.5) is 5.69 Å². The van der Waals surface area contributed by atoms with Gasteiger partial charge in [-0.1, -0.05) is 6.07 Å². The van der Waals surface area contributed by atoms with E-state index in [0.717, 1.165) is 0 Å². The highest BCUT2D eigenvalue weighted by atomic mass is 16.7. The molecule has 0 unspecified atom stereocenters. The number of carbonyl (C=O) groups is 1. The van der Waals surface area contributed by atoms with Crippen LogP contribution in [0.25, 0.3) is 0 Å². The van der Waals surface area contributed by atoms with Gasteiger partial charge in [0.1, 0.15) is 5.56 Å². The Morgan fingerprint density at radius 3 is 2.19 bits per heavy atom. The van der Waals surface area contributed by atoms with E-state index in [0.29, 0.717) is 5.46 Å². The summed E-state index contributed by atoms with van der Waals surface area (Å²) >= 11 is 0. The van der Waals surface area contributed by atoms with Crippen LogP contribution in [-0.4, -0.2) is 29.2 Å². The number of hydrogen-bond donors (Lipinski definition) is 1. The Labute approximate surface area is 122 Å². The van der Waals surface area contributed by atoms with Crippen molar-refractivity contribution in [2.45, 2.75) is 38.9 Å². The van der Waals surface area contributed by atoms with Gasteiger partial charge in [-0.15, -0.1) is 0 Å². The summed E-state index contributed by atoms with van der Waals surface area (Å²) in [5, 5.41) is 11.1. The van der Waals surface area contributed by atoms with Crippen molar-refractivity contribution in [3.63, 3.8) is 0 Å². The largest absolute Gasteiger partial charge is 0.495 e. The third-order valence-electron chi connectivity index (χ3n) is 4.01. The van der Waals surface area contributed by atoms with E-state index in [1.165, 1.54) is 12.1 Å². The van der Waals surface area contributed by atoms with Crippen molar-refractivity contribution in [3.8, 4) is 0 Å². The van der Waals surface area contributed by atoms with Crippen molar-refractivity contribution < 1.29 is 19.0 Å². The molecule has 0 atom stereocenters. The molecule has 0 aliphatic carbocycles. The van der Waals surface area contributed by atoms with Crippen LogP contribution >= 0.6 is 0 Å². The van der Waals surface area contributed by atoms with E-state index in [1.54, 1.807) is 6.07 Å².